The van der Waals surface area contributed by atoms with Crippen molar-refractivity contribution in [1.82, 2.24) is 15.2 Å². The minimum atomic E-state index is 0.254. The zero-order chi connectivity index (χ0) is 12.4. The first-order valence-electron chi connectivity index (χ1n) is 6.20. The number of anilines is 1. The van der Waals surface area contributed by atoms with Crippen LogP contribution in [0.15, 0.2) is 30.5 Å². The highest BCUT2D eigenvalue weighted by atomic mass is 16.3. The van der Waals surface area contributed by atoms with Crippen LogP contribution >= 0.6 is 0 Å². The molecule has 0 spiro atoms. The van der Waals surface area contributed by atoms with E-state index in [2.05, 4.69) is 20.1 Å². The third kappa shape index (κ3) is 2.09. The van der Waals surface area contributed by atoms with Crippen molar-refractivity contribution in [1.29, 1.82) is 0 Å². The van der Waals surface area contributed by atoms with Gasteiger partial charge >= 0.3 is 0 Å². The predicted octanol–water partition coefficient (Wildman–Crippen LogP) is 1.29. The van der Waals surface area contributed by atoms with Gasteiger partial charge in [-0.05, 0) is 30.7 Å². The summed E-state index contributed by atoms with van der Waals surface area (Å²) in [4.78, 5) is 5.28. The molecule has 0 aliphatic carbocycles. The fourth-order valence-corrected chi connectivity index (χ4v) is 2.32. The normalized spacial score (nSPS) is 19.4. The largest absolute Gasteiger partial charge is 0.396 e. The van der Waals surface area contributed by atoms with Gasteiger partial charge in [0.2, 0.25) is 0 Å². The number of aromatic nitrogens is 3. The standard InChI is InChI=1S/C13H16N4O/c18-9-10-5-7-17(8-10)13-4-3-12(15-16-13)11-2-1-6-14-11/h1-4,6,10,14,18H,5,7-9H2. The van der Waals surface area contributed by atoms with Gasteiger partial charge in [-0.1, -0.05) is 0 Å². The number of hydrogen-bond acceptors (Lipinski definition) is 4. The van der Waals surface area contributed by atoms with Gasteiger partial charge in [0.25, 0.3) is 0 Å². The monoisotopic (exact) mass is 244 g/mol. The van der Waals surface area contributed by atoms with E-state index in [4.69, 9.17) is 5.11 Å². The predicted molar refractivity (Wildman–Crippen MR) is 69.2 cm³/mol. The fraction of sp³-hybridized carbons (Fsp3) is 0.385. The molecule has 5 heteroatoms. The lowest BCUT2D eigenvalue weighted by Gasteiger charge is -2.16. The Morgan fingerprint density at radius 1 is 1.33 bits per heavy atom. The molecule has 1 atom stereocenters. The summed E-state index contributed by atoms with van der Waals surface area (Å²) in [5, 5.41) is 17.6. The molecule has 5 nitrogen and oxygen atoms in total. The van der Waals surface area contributed by atoms with Crippen molar-refractivity contribution >= 4 is 5.82 Å². The third-order valence-corrected chi connectivity index (χ3v) is 3.39. The highest BCUT2D eigenvalue weighted by molar-refractivity contribution is 5.55. The van der Waals surface area contributed by atoms with E-state index >= 15 is 0 Å². The van der Waals surface area contributed by atoms with Crippen molar-refractivity contribution in [3.8, 4) is 11.4 Å². The SMILES string of the molecule is OCC1CCN(c2ccc(-c3ccc[nH]3)nn2)C1. The zero-order valence-electron chi connectivity index (χ0n) is 10.1. The maximum atomic E-state index is 9.13. The molecule has 94 valence electrons. The van der Waals surface area contributed by atoms with Gasteiger partial charge in [-0.25, -0.2) is 0 Å². The molecule has 0 saturated carbocycles. The minimum Gasteiger partial charge on any atom is -0.396 e. The smallest absolute Gasteiger partial charge is 0.151 e. The Bertz CT molecular complexity index is 494. The van der Waals surface area contributed by atoms with Crippen molar-refractivity contribution < 1.29 is 5.11 Å². The highest BCUT2D eigenvalue weighted by Gasteiger charge is 2.22. The summed E-state index contributed by atoms with van der Waals surface area (Å²) in [5.41, 5.74) is 1.82. The molecule has 1 aliphatic rings. The zero-order valence-corrected chi connectivity index (χ0v) is 10.1. The lowest BCUT2D eigenvalue weighted by atomic mass is 10.1. The van der Waals surface area contributed by atoms with Gasteiger partial charge in [-0.2, -0.15) is 0 Å². The molecule has 1 saturated heterocycles. The van der Waals surface area contributed by atoms with Crippen molar-refractivity contribution in [3.63, 3.8) is 0 Å². The van der Waals surface area contributed by atoms with Crippen LogP contribution < -0.4 is 4.90 Å². The Balaban J connectivity index is 1.76. The van der Waals surface area contributed by atoms with E-state index < -0.39 is 0 Å². The van der Waals surface area contributed by atoms with E-state index in [-0.39, 0.29) is 6.61 Å². The van der Waals surface area contributed by atoms with Gasteiger partial charge in [-0.15, -0.1) is 10.2 Å². The molecule has 1 unspecified atom stereocenters. The molecule has 0 radical (unpaired) electrons. The first-order chi connectivity index (χ1) is 8.86. The van der Waals surface area contributed by atoms with E-state index in [1.807, 2.05) is 30.5 Å². The van der Waals surface area contributed by atoms with Crippen LogP contribution in [-0.4, -0.2) is 40.0 Å². The minimum absolute atomic E-state index is 0.254. The lowest BCUT2D eigenvalue weighted by molar-refractivity contribution is 0.238. The summed E-state index contributed by atoms with van der Waals surface area (Å²) < 4.78 is 0. The van der Waals surface area contributed by atoms with Crippen LogP contribution in [0.2, 0.25) is 0 Å². The van der Waals surface area contributed by atoms with Gasteiger partial charge < -0.3 is 15.0 Å². The van der Waals surface area contributed by atoms with Gasteiger partial charge in [0.15, 0.2) is 5.82 Å². The molecule has 2 N–H and O–H groups in total. The number of aliphatic hydroxyl groups is 1. The van der Waals surface area contributed by atoms with Crippen LogP contribution in [0, 0.1) is 5.92 Å². The van der Waals surface area contributed by atoms with Crippen LogP contribution in [0.3, 0.4) is 0 Å². The second kappa shape index (κ2) is 4.78. The van der Waals surface area contributed by atoms with Gasteiger partial charge in [-0.3, -0.25) is 0 Å². The number of aromatic amines is 1. The Morgan fingerprint density at radius 2 is 2.28 bits per heavy atom. The van der Waals surface area contributed by atoms with Crippen molar-refractivity contribution in [2.24, 2.45) is 5.92 Å². The average Bonchev–Trinajstić information content (AvgIpc) is 3.10. The maximum Gasteiger partial charge on any atom is 0.151 e. The number of hydrogen-bond donors (Lipinski definition) is 2. The topological polar surface area (TPSA) is 65.0 Å². The second-order valence-corrected chi connectivity index (χ2v) is 4.64. The van der Waals surface area contributed by atoms with E-state index in [1.165, 1.54) is 0 Å². The molecule has 2 aromatic rings. The summed E-state index contributed by atoms with van der Waals surface area (Å²) in [7, 11) is 0. The van der Waals surface area contributed by atoms with Crippen molar-refractivity contribution in [3.05, 3.63) is 30.5 Å². The molecule has 3 rings (SSSR count). The highest BCUT2D eigenvalue weighted by Crippen LogP contribution is 2.22. The summed E-state index contributed by atoms with van der Waals surface area (Å²) in [6.07, 6.45) is 2.90. The third-order valence-electron chi connectivity index (χ3n) is 3.39. The van der Waals surface area contributed by atoms with E-state index in [9.17, 15) is 0 Å². The fourth-order valence-electron chi connectivity index (χ4n) is 2.32. The van der Waals surface area contributed by atoms with E-state index in [0.29, 0.717) is 5.92 Å². The molecular formula is C13H16N4O. The Labute approximate surface area is 105 Å². The molecule has 1 fully saturated rings. The lowest BCUT2D eigenvalue weighted by Crippen LogP contribution is -2.21. The molecule has 0 bridgehead atoms. The summed E-state index contributed by atoms with van der Waals surface area (Å²) in [5.74, 6) is 1.26. The molecule has 2 aromatic heterocycles. The second-order valence-electron chi connectivity index (χ2n) is 4.64. The van der Waals surface area contributed by atoms with Crippen LogP contribution in [0.1, 0.15) is 6.42 Å². The van der Waals surface area contributed by atoms with Gasteiger partial charge in [0.1, 0.15) is 5.69 Å². The van der Waals surface area contributed by atoms with E-state index in [0.717, 1.165) is 36.7 Å². The van der Waals surface area contributed by atoms with Crippen molar-refractivity contribution in [2.75, 3.05) is 24.6 Å². The molecule has 0 aromatic carbocycles. The van der Waals surface area contributed by atoms with Gasteiger partial charge in [0, 0.05) is 31.8 Å². The van der Waals surface area contributed by atoms with Crippen LogP contribution in [-0.2, 0) is 0 Å². The van der Waals surface area contributed by atoms with Crippen LogP contribution in [0.25, 0.3) is 11.4 Å². The molecular weight excluding hydrogens is 228 g/mol. The number of rotatable bonds is 3. The molecule has 3 heterocycles. The quantitative estimate of drug-likeness (QED) is 0.854. The number of nitrogens with one attached hydrogen (secondary N) is 1. The number of aliphatic hydroxyl groups excluding tert-OH is 1. The average molecular weight is 244 g/mol. The van der Waals surface area contributed by atoms with Crippen LogP contribution in [0.5, 0.6) is 0 Å². The summed E-state index contributed by atoms with van der Waals surface area (Å²) in [6.45, 7) is 2.07. The van der Waals surface area contributed by atoms with Gasteiger partial charge in [0.05, 0.1) is 5.69 Å². The van der Waals surface area contributed by atoms with Crippen molar-refractivity contribution in [2.45, 2.75) is 6.42 Å². The molecule has 18 heavy (non-hydrogen) atoms. The molecule has 0 amide bonds. The Kier molecular flexibility index (Phi) is 2.98. The number of H-pyrrole nitrogens is 1. The Hall–Kier alpha value is -1.88. The maximum absolute atomic E-state index is 9.13. The summed E-state index contributed by atoms with van der Waals surface area (Å²) >= 11 is 0. The van der Waals surface area contributed by atoms with Crippen LogP contribution in [0.4, 0.5) is 5.82 Å². The Morgan fingerprint density at radius 3 is 2.89 bits per heavy atom. The van der Waals surface area contributed by atoms with E-state index in [1.54, 1.807) is 0 Å². The first kappa shape index (κ1) is 11.2. The molecule has 1 aliphatic heterocycles. The first-order valence-corrected chi connectivity index (χ1v) is 6.20. The number of nitrogens with zero attached hydrogens (tertiary/aromatic N) is 3. The summed E-state index contributed by atoms with van der Waals surface area (Å²) in [6, 6.07) is 7.88.